The standard InChI is InChI=1S/C15H11F3N3OS/c16-15(17,18)12-4-10(6-19-7-12)5-14-20-13(9-23-14)11-2-1-3-21(22)8-11/h1-4,6-9,22H,5H2/q+1. The molecule has 0 fully saturated rings. The van der Waals surface area contributed by atoms with Crippen molar-refractivity contribution in [3.63, 3.8) is 0 Å². The van der Waals surface area contributed by atoms with Gasteiger partial charge in [0.25, 0.3) is 0 Å². The van der Waals surface area contributed by atoms with E-state index in [1.54, 1.807) is 17.5 Å². The summed E-state index contributed by atoms with van der Waals surface area (Å²) in [7, 11) is 0. The minimum Gasteiger partial charge on any atom is -0.285 e. The Kier molecular flexibility index (Phi) is 3.99. The quantitative estimate of drug-likeness (QED) is 0.589. The van der Waals surface area contributed by atoms with Gasteiger partial charge >= 0.3 is 6.18 Å². The van der Waals surface area contributed by atoms with E-state index in [0.29, 0.717) is 16.3 Å². The molecule has 0 bridgehead atoms. The fourth-order valence-electron chi connectivity index (χ4n) is 2.05. The summed E-state index contributed by atoms with van der Waals surface area (Å²) in [5, 5.41) is 11.9. The molecule has 0 aromatic carbocycles. The van der Waals surface area contributed by atoms with E-state index in [4.69, 9.17) is 0 Å². The summed E-state index contributed by atoms with van der Waals surface area (Å²) in [6.45, 7) is 0. The van der Waals surface area contributed by atoms with Crippen LogP contribution >= 0.6 is 11.3 Å². The average Bonchev–Trinajstić information content (AvgIpc) is 2.95. The molecule has 0 atom stereocenters. The van der Waals surface area contributed by atoms with E-state index in [1.807, 2.05) is 0 Å². The highest BCUT2D eigenvalue weighted by atomic mass is 32.1. The third kappa shape index (κ3) is 3.65. The molecule has 0 saturated carbocycles. The van der Waals surface area contributed by atoms with Crippen molar-refractivity contribution in [1.82, 2.24) is 9.97 Å². The number of rotatable bonds is 3. The van der Waals surface area contributed by atoms with E-state index >= 15 is 0 Å². The molecule has 3 heterocycles. The SMILES string of the molecule is O[n+]1cccc(-c2csc(Cc3cncc(C(F)(F)F)c3)n2)c1. The molecule has 1 N–H and O–H groups in total. The molecule has 3 aromatic heterocycles. The summed E-state index contributed by atoms with van der Waals surface area (Å²) in [5.41, 5.74) is 1.06. The van der Waals surface area contributed by atoms with E-state index < -0.39 is 11.7 Å². The number of alkyl halides is 3. The van der Waals surface area contributed by atoms with Gasteiger partial charge < -0.3 is 0 Å². The van der Waals surface area contributed by atoms with Crippen LogP contribution in [0.3, 0.4) is 0 Å². The van der Waals surface area contributed by atoms with E-state index in [0.717, 1.165) is 22.6 Å². The molecule has 0 aliphatic rings. The second-order valence-corrected chi connectivity index (χ2v) is 5.80. The maximum atomic E-state index is 12.7. The second kappa shape index (κ2) is 5.96. The van der Waals surface area contributed by atoms with Gasteiger partial charge in [-0.25, -0.2) is 4.98 Å². The largest absolute Gasteiger partial charge is 0.417 e. The van der Waals surface area contributed by atoms with Gasteiger partial charge in [-0.1, -0.05) is 0 Å². The van der Waals surface area contributed by atoms with Crippen LogP contribution in [0.5, 0.6) is 0 Å². The van der Waals surface area contributed by atoms with Crippen LogP contribution in [0.15, 0.2) is 48.4 Å². The number of pyridine rings is 2. The summed E-state index contributed by atoms with van der Waals surface area (Å²) in [5.74, 6) is 0. The molecular weight excluding hydrogens is 327 g/mol. The zero-order chi connectivity index (χ0) is 16.4. The third-order valence-corrected chi connectivity index (χ3v) is 3.96. The van der Waals surface area contributed by atoms with Gasteiger partial charge in [-0.05, 0) is 17.7 Å². The molecule has 0 aliphatic heterocycles. The van der Waals surface area contributed by atoms with Crippen molar-refractivity contribution in [2.24, 2.45) is 0 Å². The first kappa shape index (κ1) is 15.4. The highest BCUT2D eigenvalue weighted by Crippen LogP contribution is 2.29. The molecule has 8 heteroatoms. The lowest BCUT2D eigenvalue weighted by atomic mass is 10.1. The number of hydrogen-bond donors (Lipinski definition) is 1. The lowest BCUT2D eigenvalue weighted by molar-refractivity contribution is -0.904. The van der Waals surface area contributed by atoms with Gasteiger partial charge in [0.15, 0.2) is 0 Å². The van der Waals surface area contributed by atoms with Crippen molar-refractivity contribution in [2.45, 2.75) is 12.6 Å². The van der Waals surface area contributed by atoms with Crippen LogP contribution in [0.25, 0.3) is 11.3 Å². The fraction of sp³-hybridized carbons (Fsp3) is 0.133. The minimum absolute atomic E-state index is 0.271. The van der Waals surface area contributed by atoms with Gasteiger partial charge in [0.2, 0.25) is 12.4 Å². The van der Waals surface area contributed by atoms with E-state index in [2.05, 4.69) is 9.97 Å². The lowest BCUT2D eigenvalue weighted by Gasteiger charge is -2.07. The molecule has 0 aliphatic carbocycles. The Hall–Kier alpha value is -2.48. The zero-order valence-electron chi connectivity index (χ0n) is 11.7. The first-order valence-corrected chi connectivity index (χ1v) is 7.46. The smallest absolute Gasteiger partial charge is 0.285 e. The van der Waals surface area contributed by atoms with Crippen LogP contribution in [0.4, 0.5) is 13.2 Å². The predicted molar refractivity (Wildman–Crippen MR) is 77.0 cm³/mol. The fourth-order valence-corrected chi connectivity index (χ4v) is 2.89. The van der Waals surface area contributed by atoms with Crippen LogP contribution in [0.2, 0.25) is 0 Å². The molecule has 23 heavy (non-hydrogen) atoms. The van der Waals surface area contributed by atoms with Crippen molar-refractivity contribution >= 4 is 11.3 Å². The molecule has 3 rings (SSSR count). The van der Waals surface area contributed by atoms with Crippen molar-refractivity contribution in [2.75, 3.05) is 0 Å². The van der Waals surface area contributed by atoms with E-state index in [-0.39, 0.29) is 6.42 Å². The van der Waals surface area contributed by atoms with Gasteiger partial charge in [0.1, 0.15) is 0 Å². The third-order valence-electron chi connectivity index (χ3n) is 3.11. The number of hydrogen-bond acceptors (Lipinski definition) is 4. The van der Waals surface area contributed by atoms with Crippen molar-refractivity contribution in [3.05, 3.63) is 64.5 Å². The Morgan fingerprint density at radius 1 is 1.26 bits per heavy atom. The van der Waals surface area contributed by atoms with Gasteiger partial charge in [-0.3, -0.25) is 10.2 Å². The second-order valence-electron chi connectivity index (χ2n) is 4.86. The normalized spacial score (nSPS) is 11.6. The first-order valence-electron chi connectivity index (χ1n) is 6.58. The van der Waals surface area contributed by atoms with Crippen molar-refractivity contribution in [1.29, 1.82) is 0 Å². The number of thiazole rings is 1. The summed E-state index contributed by atoms with van der Waals surface area (Å²) < 4.78 is 39.0. The van der Waals surface area contributed by atoms with Crippen molar-refractivity contribution in [3.8, 4) is 11.3 Å². The number of halogens is 3. The zero-order valence-corrected chi connectivity index (χ0v) is 12.5. The topological polar surface area (TPSA) is 49.9 Å². The summed E-state index contributed by atoms with van der Waals surface area (Å²) in [4.78, 5) is 8.04. The molecule has 0 radical (unpaired) electrons. The molecule has 0 unspecified atom stereocenters. The van der Waals surface area contributed by atoms with Crippen LogP contribution in [0, 0.1) is 0 Å². The summed E-state index contributed by atoms with van der Waals surface area (Å²) in [6.07, 6.45) is 1.06. The monoisotopic (exact) mass is 338 g/mol. The van der Waals surface area contributed by atoms with Crippen molar-refractivity contribution < 1.29 is 23.1 Å². The van der Waals surface area contributed by atoms with Crippen LogP contribution < -0.4 is 4.73 Å². The number of aromatic nitrogens is 3. The van der Waals surface area contributed by atoms with Gasteiger partial charge in [-0.2, -0.15) is 13.2 Å². The Balaban J connectivity index is 1.82. The molecule has 0 spiro atoms. The molecule has 4 nitrogen and oxygen atoms in total. The maximum absolute atomic E-state index is 12.7. The Bertz CT molecular complexity index is 833. The average molecular weight is 338 g/mol. The summed E-state index contributed by atoms with van der Waals surface area (Å²) >= 11 is 1.35. The van der Waals surface area contributed by atoms with Crippen LogP contribution in [-0.4, -0.2) is 15.2 Å². The Morgan fingerprint density at radius 3 is 2.83 bits per heavy atom. The van der Waals surface area contributed by atoms with Gasteiger partial charge in [-0.15, -0.1) is 11.3 Å². The first-order chi connectivity index (χ1) is 10.9. The van der Waals surface area contributed by atoms with Crippen LogP contribution in [-0.2, 0) is 12.6 Å². The van der Waals surface area contributed by atoms with Gasteiger partial charge in [0, 0.05) is 35.0 Å². The minimum atomic E-state index is -4.41. The van der Waals surface area contributed by atoms with E-state index in [1.165, 1.54) is 29.9 Å². The van der Waals surface area contributed by atoms with Gasteiger partial charge in [0.05, 0.1) is 21.8 Å². The molecule has 3 aromatic rings. The maximum Gasteiger partial charge on any atom is 0.417 e. The predicted octanol–water partition coefficient (Wildman–Crippen LogP) is 3.34. The molecule has 0 saturated heterocycles. The summed E-state index contributed by atoms with van der Waals surface area (Å²) in [6, 6.07) is 4.54. The molecular formula is C15H11F3N3OS+. The molecule has 0 amide bonds. The Labute approximate surface area is 133 Å². The highest BCUT2D eigenvalue weighted by molar-refractivity contribution is 7.10. The highest BCUT2D eigenvalue weighted by Gasteiger charge is 2.31. The van der Waals surface area contributed by atoms with Crippen LogP contribution in [0.1, 0.15) is 16.1 Å². The Morgan fingerprint density at radius 2 is 2.09 bits per heavy atom. The number of nitrogens with zero attached hydrogens (tertiary/aromatic N) is 3. The molecule has 118 valence electrons. The van der Waals surface area contributed by atoms with E-state index in [9.17, 15) is 18.4 Å². The lowest BCUT2D eigenvalue weighted by Crippen LogP contribution is -2.28.